The summed E-state index contributed by atoms with van der Waals surface area (Å²) in [6, 6.07) is -0.660. The third-order valence-corrected chi connectivity index (χ3v) is 2.42. The average molecular weight is 245 g/mol. The fourth-order valence-electron chi connectivity index (χ4n) is 1.03. The van der Waals surface area contributed by atoms with E-state index in [-0.39, 0.29) is 12.5 Å². The van der Waals surface area contributed by atoms with Gasteiger partial charge in [0.25, 0.3) is 0 Å². The Hall–Kier alpha value is -1.63. The van der Waals surface area contributed by atoms with Crippen LogP contribution in [0.25, 0.3) is 0 Å². The molecule has 0 fully saturated rings. The number of hydrogen-bond acceptors (Lipinski definition) is 4. The van der Waals surface area contributed by atoms with Gasteiger partial charge in [-0.2, -0.15) is 0 Å². The van der Waals surface area contributed by atoms with E-state index in [0.717, 1.165) is 6.42 Å². The molecule has 2 amide bonds. The Labute approximate surface area is 99.7 Å². The first-order valence-electron chi connectivity index (χ1n) is 5.40. The van der Waals surface area contributed by atoms with Crippen LogP contribution < -0.4 is 16.4 Å². The lowest BCUT2D eigenvalue weighted by atomic mass is 9.99. The topological polar surface area (TPSA) is 122 Å². The molecule has 0 aromatic rings. The zero-order chi connectivity index (χ0) is 13.4. The maximum atomic E-state index is 11.5. The Morgan fingerprint density at radius 1 is 1.24 bits per heavy atom. The molecule has 0 aromatic heterocycles. The van der Waals surface area contributed by atoms with Crippen molar-refractivity contribution in [1.82, 2.24) is 10.6 Å². The molecule has 0 bridgehead atoms. The lowest BCUT2D eigenvalue weighted by Crippen LogP contribution is -2.48. The van der Waals surface area contributed by atoms with Gasteiger partial charge >= 0.3 is 5.97 Å². The van der Waals surface area contributed by atoms with Crippen LogP contribution >= 0.6 is 0 Å². The molecule has 0 spiro atoms. The highest BCUT2D eigenvalue weighted by atomic mass is 16.4. The Bertz CT molecular complexity index is 293. The number of nitrogens with two attached hydrogens (primary N) is 1. The lowest BCUT2D eigenvalue weighted by Gasteiger charge is -2.17. The molecule has 0 aliphatic rings. The van der Waals surface area contributed by atoms with Crippen LogP contribution in [0.15, 0.2) is 0 Å². The molecular formula is C10H19N3O4. The summed E-state index contributed by atoms with van der Waals surface area (Å²) in [5, 5.41) is 12.8. The van der Waals surface area contributed by atoms with E-state index in [9.17, 15) is 14.4 Å². The van der Waals surface area contributed by atoms with E-state index < -0.39 is 30.4 Å². The van der Waals surface area contributed by atoms with E-state index in [2.05, 4.69) is 10.6 Å². The molecule has 17 heavy (non-hydrogen) atoms. The third kappa shape index (κ3) is 6.52. The number of rotatable bonds is 7. The van der Waals surface area contributed by atoms with Gasteiger partial charge in [-0.05, 0) is 5.92 Å². The van der Waals surface area contributed by atoms with Crippen LogP contribution in [0.5, 0.6) is 0 Å². The fraction of sp³-hybridized carbons (Fsp3) is 0.700. The van der Waals surface area contributed by atoms with Crippen molar-refractivity contribution in [2.45, 2.75) is 26.3 Å². The molecule has 0 aromatic carbocycles. The first kappa shape index (κ1) is 15.4. The number of carboxylic acid groups (broad SMARTS) is 1. The number of carboxylic acids is 1. The Balaban J connectivity index is 3.91. The van der Waals surface area contributed by atoms with Crippen molar-refractivity contribution in [2.24, 2.45) is 11.7 Å². The quantitative estimate of drug-likeness (QED) is 0.443. The van der Waals surface area contributed by atoms with Gasteiger partial charge in [0.2, 0.25) is 11.8 Å². The van der Waals surface area contributed by atoms with Gasteiger partial charge < -0.3 is 21.5 Å². The van der Waals surface area contributed by atoms with Gasteiger partial charge in [0.1, 0.15) is 6.54 Å². The number of aliphatic carboxylic acids is 1. The molecular weight excluding hydrogens is 226 g/mol. The highest BCUT2D eigenvalue weighted by Crippen LogP contribution is 2.04. The summed E-state index contributed by atoms with van der Waals surface area (Å²) < 4.78 is 0. The second kappa shape index (κ2) is 7.61. The zero-order valence-corrected chi connectivity index (χ0v) is 10.0. The van der Waals surface area contributed by atoms with Gasteiger partial charge in [-0.1, -0.05) is 20.3 Å². The summed E-state index contributed by atoms with van der Waals surface area (Å²) >= 11 is 0. The van der Waals surface area contributed by atoms with Gasteiger partial charge in [-0.15, -0.1) is 0 Å². The summed E-state index contributed by atoms with van der Waals surface area (Å²) in [6.45, 7) is 3.02. The molecule has 2 atom stereocenters. The molecule has 2 unspecified atom stereocenters. The predicted octanol–water partition coefficient (Wildman–Crippen LogP) is -1.32. The number of hydrogen-bond donors (Lipinski definition) is 4. The van der Waals surface area contributed by atoms with E-state index in [0.29, 0.717) is 0 Å². The van der Waals surface area contributed by atoms with Crippen molar-refractivity contribution in [3.63, 3.8) is 0 Å². The number of nitrogens with one attached hydrogen (secondary N) is 2. The Kier molecular flexibility index (Phi) is 6.88. The highest BCUT2D eigenvalue weighted by molar-refractivity contribution is 5.88. The molecule has 98 valence electrons. The molecule has 0 radical (unpaired) electrons. The van der Waals surface area contributed by atoms with Crippen LogP contribution in [0.2, 0.25) is 0 Å². The maximum absolute atomic E-state index is 11.5. The van der Waals surface area contributed by atoms with Crippen LogP contribution in [0.3, 0.4) is 0 Å². The second-order valence-electron chi connectivity index (χ2n) is 3.80. The third-order valence-electron chi connectivity index (χ3n) is 2.42. The SMILES string of the molecule is CCC(C)C(N)C(=O)NCC(=O)NCC(=O)O. The van der Waals surface area contributed by atoms with Crippen LogP contribution in [0, 0.1) is 5.92 Å². The summed E-state index contributed by atoms with van der Waals surface area (Å²) in [4.78, 5) is 32.7. The minimum atomic E-state index is -1.14. The van der Waals surface area contributed by atoms with Crippen molar-refractivity contribution in [3.05, 3.63) is 0 Å². The van der Waals surface area contributed by atoms with E-state index >= 15 is 0 Å². The van der Waals surface area contributed by atoms with Crippen molar-refractivity contribution in [1.29, 1.82) is 0 Å². The lowest BCUT2D eigenvalue weighted by molar-refractivity contribution is -0.137. The van der Waals surface area contributed by atoms with Gasteiger partial charge in [0.15, 0.2) is 0 Å². The van der Waals surface area contributed by atoms with Gasteiger partial charge in [0.05, 0.1) is 12.6 Å². The number of carbonyl (C=O) groups excluding carboxylic acids is 2. The Morgan fingerprint density at radius 2 is 1.82 bits per heavy atom. The van der Waals surface area contributed by atoms with Crippen molar-refractivity contribution in [3.8, 4) is 0 Å². The van der Waals surface area contributed by atoms with Gasteiger partial charge in [-0.25, -0.2) is 0 Å². The van der Waals surface area contributed by atoms with E-state index in [1.165, 1.54) is 0 Å². The minimum absolute atomic E-state index is 0.0251. The normalized spacial score (nSPS) is 13.6. The summed E-state index contributed by atoms with van der Waals surface area (Å²) in [7, 11) is 0. The number of amides is 2. The standard InChI is InChI=1S/C10H19N3O4/c1-3-6(2)9(11)10(17)13-4-7(14)12-5-8(15)16/h6,9H,3-5,11H2,1-2H3,(H,12,14)(H,13,17)(H,15,16). The molecule has 0 aliphatic heterocycles. The zero-order valence-electron chi connectivity index (χ0n) is 10.0. The van der Waals surface area contributed by atoms with Crippen molar-refractivity contribution < 1.29 is 19.5 Å². The molecule has 0 rings (SSSR count). The molecule has 7 nitrogen and oxygen atoms in total. The van der Waals surface area contributed by atoms with Crippen LogP contribution in [0.4, 0.5) is 0 Å². The van der Waals surface area contributed by atoms with E-state index in [1.54, 1.807) is 0 Å². The molecule has 0 aliphatic carbocycles. The minimum Gasteiger partial charge on any atom is -0.480 e. The van der Waals surface area contributed by atoms with E-state index in [1.807, 2.05) is 13.8 Å². The summed E-state index contributed by atoms with van der Waals surface area (Å²) in [5.74, 6) is -2.08. The molecule has 0 saturated heterocycles. The van der Waals surface area contributed by atoms with E-state index in [4.69, 9.17) is 10.8 Å². The van der Waals surface area contributed by atoms with Crippen molar-refractivity contribution in [2.75, 3.05) is 13.1 Å². The first-order valence-corrected chi connectivity index (χ1v) is 5.40. The Morgan fingerprint density at radius 3 is 2.29 bits per heavy atom. The molecule has 0 heterocycles. The highest BCUT2D eigenvalue weighted by Gasteiger charge is 2.19. The fourth-order valence-corrected chi connectivity index (χ4v) is 1.03. The van der Waals surface area contributed by atoms with Crippen molar-refractivity contribution >= 4 is 17.8 Å². The van der Waals surface area contributed by atoms with Crippen LogP contribution in [0.1, 0.15) is 20.3 Å². The monoisotopic (exact) mass is 245 g/mol. The maximum Gasteiger partial charge on any atom is 0.322 e. The molecule has 7 heteroatoms. The summed E-state index contributed by atoms with van der Waals surface area (Å²) in [6.07, 6.45) is 0.764. The van der Waals surface area contributed by atoms with Crippen LogP contribution in [-0.4, -0.2) is 42.0 Å². The smallest absolute Gasteiger partial charge is 0.322 e. The molecule has 5 N–H and O–H groups in total. The second-order valence-corrected chi connectivity index (χ2v) is 3.80. The number of carbonyl (C=O) groups is 3. The largest absolute Gasteiger partial charge is 0.480 e. The predicted molar refractivity (Wildman–Crippen MR) is 61.1 cm³/mol. The van der Waals surface area contributed by atoms with Gasteiger partial charge in [0, 0.05) is 0 Å². The van der Waals surface area contributed by atoms with Gasteiger partial charge in [-0.3, -0.25) is 14.4 Å². The first-order chi connectivity index (χ1) is 7.88. The van der Waals surface area contributed by atoms with Crippen LogP contribution in [-0.2, 0) is 14.4 Å². The average Bonchev–Trinajstić information content (AvgIpc) is 2.31. The molecule has 0 saturated carbocycles. The summed E-state index contributed by atoms with van der Waals surface area (Å²) in [5.41, 5.74) is 5.64.